The van der Waals surface area contributed by atoms with Crippen LogP contribution < -0.4 is 5.32 Å². The molecule has 2 rings (SSSR count). The molecule has 0 saturated carbocycles. The van der Waals surface area contributed by atoms with Gasteiger partial charge in [0, 0.05) is 26.2 Å². The highest BCUT2D eigenvalue weighted by Gasteiger charge is 2.21. The first kappa shape index (κ1) is 13.0. The summed E-state index contributed by atoms with van der Waals surface area (Å²) in [5, 5.41) is 12.4. The van der Waals surface area contributed by atoms with Crippen LogP contribution in [0.5, 0.6) is 0 Å². The Morgan fingerprint density at radius 2 is 2.06 bits per heavy atom. The van der Waals surface area contributed by atoms with Gasteiger partial charge in [-0.25, -0.2) is 4.39 Å². The molecule has 1 aliphatic rings. The van der Waals surface area contributed by atoms with Gasteiger partial charge in [0.2, 0.25) is 0 Å². The molecule has 0 aromatic heterocycles. The van der Waals surface area contributed by atoms with Crippen molar-refractivity contribution in [1.29, 1.82) is 0 Å². The largest absolute Gasteiger partial charge is 0.382 e. The average Bonchev–Trinajstić information content (AvgIpc) is 2.38. The number of carbonyl (C=O) groups excluding carboxylic acids is 1. The molecular formula is C13H16FN2O2. The van der Waals surface area contributed by atoms with E-state index in [1.807, 2.05) is 0 Å². The fraction of sp³-hybridized carbons (Fsp3) is 0.385. The fourth-order valence-electron chi connectivity index (χ4n) is 1.95. The first-order chi connectivity index (χ1) is 8.59. The van der Waals surface area contributed by atoms with Crippen LogP contribution in [0.3, 0.4) is 0 Å². The number of aliphatic hydroxyl groups is 1. The van der Waals surface area contributed by atoms with Crippen molar-refractivity contribution in [2.45, 2.75) is 6.92 Å². The topological polar surface area (TPSA) is 52.6 Å². The van der Waals surface area contributed by atoms with Crippen LogP contribution in [0.2, 0.25) is 0 Å². The monoisotopic (exact) mass is 251 g/mol. The van der Waals surface area contributed by atoms with Gasteiger partial charge in [0.25, 0.3) is 5.91 Å². The Hall–Kier alpha value is -1.46. The minimum Gasteiger partial charge on any atom is -0.382 e. The number of rotatable bonds is 2. The van der Waals surface area contributed by atoms with Crippen LogP contribution in [0, 0.1) is 11.9 Å². The van der Waals surface area contributed by atoms with Gasteiger partial charge in [-0.05, 0) is 24.6 Å². The summed E-state index contributed by atoms with van der Waals surface area (Å²) in [5.41, 5.74) is 0.450. The number of carbonyl (C=O) groups is 1. The van der Waals surface area contributed by atoms with E-state index in [2.05, 4.69) is 5.32 Å². The van der Waals surface area contributed by atoms with Gasteiger partial charge in [-0.15, -0.1) is 0 Å². The molecule has 1 aliphatic heterocycles. The van der Waals surface area contributed by atoms with Gasteiger partial charge in [0.15, 0.2) is 0 Å². The van der Waals surface area contributed by atoms with Gasteiger partial charge in [0.1, 0.15) is 11.9 Å². The van der Waals surface area contributed by atoms with Crippen LogP contribution in [0.15, 0.2) is 18.2 Å². The molecule has 0 bridgehead atoms. The second-order valence-electron chi connectivity index (χ2n) is 4.32. The molecular weight excluding hydrogens is 235 g/mol. The molecule has 18 heavy (non-hydrogen) atoms. The number of amides is 1. The lowest BCUT2D eigenvalue weighted by molar-refractivity contribution is 0.0731. The van der Waals surface area contributed by atoms with E-state index in [-0.39, 0.29) is 17.6 Å². The van der Waals surface area contributed by atoms with Crippen molar-refractivity contribution in [2.24, 2.45) is 0 Å². The van der Waals surface area contributed by atoms with Gasteiger partial charge < -0.3 is 15.3 Å². The van der Waals surface area contributed by atoms with Gasteiger partial charge in [-0.3, -0.25) is 4.79 Å². The Morgan fingerprint density at radius 1 is 1.39 bits per heavy atom. The third-order valence-corrected chi connectivity index (χ3v) is 3.02. The zero-order valence-corrected chi connectivity index (χ0v) is 10.2. The van der Waals surface area contributed by atoms with E-state index < -0.39 is 5.82 Å². The number of piperazine rings is 1. The van der Waals surface area contributed by atoms with Gasteiger partial charge in [-0.1, -0.05) is 6.07 Å². The molecule has 97 valence electrons. The summed E-state index contributed by atoms with van der Waals surface area (Å²) in [6, 6.07) is 4.16. The van der Waals surface area contributed by atoms with E-state index in [0.29, 0.717) is 18.7 Å². The minimum atomic E-state index is -0.593. The Labute approximate surface area is 105 Å². The normalized spacial score (nSPS) is 16.1. The second-order valence-corrected chi connectivity index (χ2v) is 4.32. The lowest BCUT2D eigenvalue weighted by Gasteiger charge is -2.27. The Morgan fingerprint density at radius 3 is 2.61 bits per heavy atom. The van der Waals surface area contributed by atoms with E-state index in [0.717, 1.165) is 13.1 Å². The summed E-state index contributed by atoms with van der Waals surface area (Å²) in [6.07, 6.45) is 0.0371. The quantitative estimate of drug-likeness (QED) is 0.829. The lowest BCUT2D eigenvalue weighted by atomic mass is 10.1. The van der Waals surface area contributed by atoms with Crippen LogP contribution in [0.25, 0.3) is 0 Å². The van der Waals surface area contributed by atoms with Crippen LogP contribution >= 0.6 is 0 Å². The van der Waals surface area contributed by atoms with Gasteiger partial charge in [0.05, 0.1) is 5.56 Å². The van der Waals surface area contributed by atoms with Gasteiger partial charge in [-0.2, -0.15) is 0 Å². The zero-order valence-electron chi connectivity index (χ0n) is 10.2. The van der Waals surface area contributed by atoms with Crippen molar-refractivity contribution < 1.29 is 14.3 Å². The highest BCUT2D eigenvalue weighted by Crippen LogP contribution is 2.17. The van der Waals surface area contributed by atoms with E-state index in [9.17, 15) is 14.3 Å². The van der Waals surface area contributed by atoms with Crippen molar-refractivity contribution in [2.75, 3.05) is 26.2 Å². The van der Waals surface area contributed by atoms with Crippen LogP contribution in [-0.2, 0) is 0 Å². The molecule has 1 radical (unpaired) electrons. The maximum absolute atomic E-state index is 13.8. The highest BCUT2D eigenvalue weighted by atomic mass is 19.1. The van der Waals surface area contributed by atoms with E-state index >= 15 is 0 Å². The molecule has 0 unspecified atom stereocenters. The van der Waals surface area contributed by atoms with E-state index in [4.69, 9.17) is 0 Å². The molecule has 0 atom stereocenters. The summed E-state index contributed by atoms with van der Waals surface area (Å²) in [5.74, 6) is -0.888. The molecule has 2 N–H and O–H groups in total. The molecule has 4 nitrogen and oxygen atoms in total. The number of hydrogen-bond donors (Lipinski definition) is 2. The van der Waals surface area contributed by atoms with Crippen molar-refractivity contribution in [1.82, 2.24) is 10.2 Å². The van der Waals surface area contributed by atoms with Crippen molar-refractivity contribution in [3.63, 3.8) is 0 Å². The third kappa shape index (κ3) is 2.68. The highest BCUT2D eigenvalue weighted by molar-refractivity contribution is 5.94. The Bertz CT molecular complexity index is 443. The smallest absolute Gasteiger partial charge is 0.256 e. The molecule has 1 aromatic carbocycles. The Kier molecular flexibility index (Phi) is 3.93. The first-order valence-electron chi connectivity index (χ1n) is 5.92. The Balaban J connectivity index is 2.19. The molecule has 1 fully saturated rings. The molecule has 0 aliphatic carbocycles. The average molecular weight is 251 g/mol. The summed E-state index contributed by atoms with van der Waals surface area (Å²) < 4.78 is 13.8. The summed E-state index contributed by atoms with van der Waals surface area (Å²) >= 11 is 0. The number of hydrogen-bond acceptors (Lipinski definition) is 3. The van der Waals surface area contributed by atoms with Crippen LogP contribution in [-0.4, -0.2) is 42.1 Å². The lowest BCUT2D eigenvalue weighted by Crippen LogP contribution is -2.46. The number of nitrogens with one attached hydrogen (secondary N) is 1. The predicted octanol–water partition coefficient (Wildman–Crippen LogP) is 1.14. The minimum absolute atomic E-state index is 0.0371. The van der Waals surface area contributed by atoms with Gasteiger partial charge >= 0.3 is 0 Å². The number of aliphatic hydroxyl groups excluding tert-OH is 1. The van der Waals surface area contributed by atoms with Crippen molar-refractivity contribution in [3.8, 4) is 0 Å². The number of halogens is 1. The maximum Gasteiger partial charge on any atom is 0.256 e. The number of benzene rings is 1. The molecule has 1 amide bonds. The molecule has 1 aromatic rings. The van der Waals surface area contributed by atoms with E-state index in [1.54, 1.807) is 11.0 Å². The fourth-order valence-corrected chi connectivity index (χ4v) is 1.95. The third-order valence-electron chi connectivity index (χ3n) is 3.02. The number of nitrogens with zero attached hydrogens (tertiary/aromatic N) is 1. The second kappa shape index (κ2) is 5.46. The standard InChI is InChI=1S/C13H16FN2O2/c1-9(17)10-2-3-11(12(14)8-10)13(18)16-6-4-15-5-7-16/h2-3,8,15,17H,4-7H2,1H3. The first-order valence-corrected chi connectivity index (χ1v) is 5.92. The summed E-state index contributed by atoms with van der Waals surface area (Å²) in [7, 11) is 0. The van der Waals surface area contributed by atoms with Crippen molar-refractivity contribution >= 4 is 5.91 Å². The van der Waals surface area contributed by atoms with Crippen LogP contribution in [0.4, 0.5) is 4.39 Å². The molecule has 0 spiro atoms. The summed E-state index contributed by atoms with van der Waals surface area (Å²) in [4.78, 5) is 13.7. The van der Waals surface area contributed by atoms with Crippen LogP contribution in [0.1, 0.15) is 22.8 Å². The molecule has 1 heterocycles. The molecule has 1 saturated heterocycles. The predicted molar refractivity (Wildman–Crippen MR) is 65.1 cm³/mol. The molecule has 5 heteroatoms. The SMILES string of the molecule is C[C](O)c1ccc(C(=O)N2CCNCC2)c(F)c1. The van der Waals surface area contributed by atoms with Crippen molar-refractivity contribution in [3.05, 3.63) is 41.2 Å². The maximum atomic E-state index is 13.8. The van der Waals surface area contributed by atoms with E-state index in [1.165, 1.54) is 19.1 Å². The zero-order chi connectivity index (χ0) is 13.1. The summed E-state index contributed by atoms with van der Waals surface area (Å²) in [6.45, 7) is 4.12.